The van der Waals surface area contributed by atoms with E-state index in [2.05, 4.69) is 19.2 Å². The van der Waals surface area contributed by atoms with Crippen LogP contribution in [0, 0.1) is 5.92 Å². The zero-order chi connectivity index (χ0) is 15.3. The number of rotatable bonds is 6. The number of likely N-dealkylation sites (N-methyl/N-ethyl adjacent to an activating group) is 1. The third-order valence-electron chi connectivity index (χ3n) is 3.99. The fourth-order valence-corrected chi connectivity index (χ4v) is 2.92. The van der Waals surface area contributed by atoms with Crippen LogP contribution in [-0.2, 0) is 5.60 Å². The maximum Gasteiger partial charge on any atom is 0.130 e. The standard InChI is InChI=1S/C19H25NO/c1-15(2)14-18(20-3)19(21,16-10-6-4-7-11-16)17-12-8-5-9-13-17/h4-13,15,18,20-21H,14H2,1-3H3. The second-order valence-electron chi connectivity index (χ2n) is 5.97. The highest BCUT2D eigenvalue weighted by atomic mass is 16.3. The van der Waals surface area contributed by atoms with Crippen molar-refractivity contribution in [3.05, 3.63) is 71.8 Å². The molecule has 0 aromatic heterocycles. The molecule has 0 aliphatic carbocycles. The van der Waals surface area contributed by atoms with Crippen molar-refractivity contribution in [3.63, 3.8) is 0 Å². The van der Waals surface area contributed by atoms with Gasteiger partial charge in [-0.05, 0) is 30.5 Å². The molecular formula is C19H25NO. The van der Waals surface area contributed by atoms with Crippen molar-refractivity contribution in [2.24, 2.45) is 5.92 Å². The van der Waals surface area contributed by atoms with Crippen molar-refractivity contribution >= 4 is 0 Å². The van der Waals surface area contributed by atoms with Crippen molar-refractivity contribution in [2.75, 3.05) is 7.05 Å². The van der Waals surface area contributed by atoms with Crippen LogP contribution < -0.4 is 5.32 Å². The quantitative estimate of drug-likeness (QED) is 0.849. The molecule has 2 N–H and O–H groups in total. The first-order valence-corrected chi connectivity index (χ1v) is 7.59. The Labute approximate surface area is 127 Å². The van der Waals surface area contributed by atoms with Crippen LogP contribution in [-0.4, -0.2) is 18.2 Å². The summed E-state index contributed by atoms with van der Waals surface area (Å²) in [5, 5.41) is 14.9. The summed E-state index contributed by atoms with van der Waals surface area (Å²) in [4.78, 5) is 0. The Bertz CT molecular complexity index is 497. The fraction of sp³-hybridized carbons (Fsp3) is 0.368. The zero-order valence-corrected chi connectivity index (χ0v) is 13.1. The van der Waals surface area contributed by atoms with E-state index >= 15 is 0 Å². The SMILES string of the molecule is CNC(CC(C)C)C(O)(c1ccccc1)c1ccccc1. The lowest BCUT2D eigenvalue weighted by Crippen LogP contribution is -2.48. The van der Waals surface area contributed by atoms with Crippen molar-refractivity contribution in [1.82, 2.24) is 5.32 Å². The van der Waals surface area contributed by atoms with Gasteiger partial charge in [-0.15, -0.1) is 0 Å². The Balaban J connectivity index is 2.53. The molecule has 1 unspecified atom stereocenters. The summed E-state index contributed by atoms with van der Waals surface area (Å²) in [7, 11) is 1.92. The number of nitrogens with one attached hydrogen (secondary N) is 1. The minimum Gasteiger partial charge on any atom is -0.379 e. The van der Waals surface area contributed by atoms with Crippen LogP contribution in [0.25, 0.3) is 0 Å². The molecule has 2 rings (SSSR count). The Morgan fingerprint density at radius 3 is 1.67 bits per heavy atom. The maximum atomic E-state index is 11.6. The molecule has 0 saturated carbocycles. The molecule has 1 atom stereocenters. The van der Waals surface area contributed by atoms with E-state index in [-0.39, 0.29) is 6.04 Å². The van der Waals surface area contributed by atoms with Gasteiger partial charge in [0.2, 0.25) is 0 Å². The lowest BCUT2D eigenvalue weighted by Gasteiger charge is -2.38. The van der Waals surface area contributed by atoms with E-state index in [4.69, 9.17) is 0 Å². The van der Waals surface area contributed by atoms with Crippen molar-refractivity contribution < 1.29 is 5.11 Å². The molecular weight excluding hydrogens is 258 g/mol. The Morgan fingerprint density at radius 2 is 1.33 bits per heavy atom. The molecule has 0 amide bonds. The maximum absolute atomic E-state index is 11.6. The first-order valence-electron chi connectivity index (χ1n) is 7.59. The van der Waals surface area contributed by atoms with Crippen LogP contribution in [0.3, 0.4) is 0 Å². The summed E-state index contributed by atoms with van der Waals surface area (Å²) < 4.78 is 0. The molecule has 0 aliphatic heterocycles. The average molecular weight is 283 g/mol. The average Bonchev–Trinajstić information content (AvgIpc) is 2.53. The van der Waals surface area contributed by atoms with Crippen LogP contribution in [0.1, 0.15) is 31.4 Å². The molecule has 0 saturated heterocycles. The lowest BCUT2D eigenvalue weighted by atomic mass is 9.77. The summed E-state index contributed by atoms with van der Waals surface area (Å²) in [5.74, 6) is 0.501. The fourth-order valence-electron chi connectivity index (χ4n) is 2.92. The molecule has 0 spiro atoms. The first kappa shape index (κ1) is 15.7. The number of hydrogen-bond acceptors (Lipinski definition) is 2. The van der Waals surface area contributed by atoms with Gasteiger partial charge in [0.25, 0.3) is 0 Å². The monoisotopic (exact) mass is 283 g/mol. The molecule has 2 aromatic carbocycles. The Morgan fingerprint density at radius 1 is 0.905 bits per heavy atom. The first-order chi connectivity index (χ1) is 10.1. The second-order valence-corrected chi connectivity index (χ2v) is 5.97. The summed E-state index contributed by atoms with van der Waals surface area (Å²) in [6.07, 6.45) is 0.900. The van der Waals surface area contributed by atoms with Crippen molar-refractivity contribution in [2.45, 2.75) is 31.9 Å². The van der Waals surface area contributed by atoms with E-state index in [9.17, 15) is 5.11 Å². The topological polar surface area (TPSA) is 32.3 Å². The number of aliphatic hydroxyl groups is 1. The predicted octanol–water partition coefficient (Wildman–Crippen LogP) is 3.56. The van der Waals surface area contributed by atoms with E-state index in [1.165, 1.54) is 0 Å². The van der Waals surface area contributed by atoms with Gasteiger partial charge >= 0.3 is 0 Å². The number of benzene rings is 2. The third kappa shape index (κ3) is 3.34. The molecule has 0 fully saturated rings. The Kier molecular flexibility index (Phi) is 5.16. The van der Waals surface area contributed by atoms with E-state index in [0.29, 0.717) is 5.92 Å². The van der Waals surface area contributed by atoms with Crippen LogP contribution in [0.2, 0.25) is 0 Å². The molecule has 0 radical (unpaired) electrons. The summed E-state index contributed by atoms with van der Waals surface area (Å²) >= 11 is 0. The summed E-state index contributed by atoms with van der Waals surface area (Å²) in [5.41, 5.74) is 0.828. The third-order valence-corrected chi connectivity index (χ3v) is 3.99. The van der Waals surface area contributed by atoms with Crippen LogP contribution in [0.5, 0.6) is 0 Å². The molecule has 0 heterocycles. The van der Waals surface area contributed by atoms with Crippen molar-refractivity contribution in [1.29, 1.82) is 0 Å². The molecule has 2 nitrogen and oxygen atoms in total. The molecule has 112 valence electrons. The smallest absolute Gasteiger partial charge is 0.130 e. The lowest BCUT2D eigenvalue weighted by molar-refractivity contribution is 0.0320. The van der Waals surface area contributed by atoms with E-state index in [1.54, 1.807) is 0 Å². The van der Waals surface area contributed by atoms with E-state index in [0.717, 1.165) is 17.5 Å². The van der Waals surface area contributed by atoms with Gasteiger partial charge in [-0.1, -0.05) is 74.5 Å². The van der Waals surface area contributed by atoms with Gasteiger partial charge in [-0.25, -0.2) is 0 Å². The molecule has 2 aromatic rings. The molecule has 0 aliphatic rings. The summed E-state index contributed by atoms with van der Waals surface area (Å²) in [6.45, 7) is 4.36. The Hall–Kier alpha value is -1.64. The van der Waals surface area contributed by atoms with E-state index in [1.807, 2.05) is 67.7 Å². The highest BCUT2D eigenvalue weighted by Crippen LogP contribution is 2.35. The minimum atomic E-state index is -1.03. The molecule has 2 heteroatoms. The minimum absolute atomic E-state index is 0.0395. The van der Waals surface area contributed by atoms with Gasteiger partial charge in [-0.2, -0.15) is 0 Å². The normalized spacial score (nSPS) is 13.4. The zero-order valence-electron chi connectivity index (χ0n) is 13.1. The largest absolute Gasteiger partial charge is 0.379 e. The van der Waals surface area contributed by atoms with Gasteiger partial charge in [0, 0.05) is 6.04 Å². The van der Waals surface area contributed by atoms with Gasteiger partial charge in [0.1, 0.15) is 5.60 Å². The van der Waals surface area contributed by atoms with Crippen molar-refractivity contribution in [3.8, 4) is 0 Å². The summed E-state index contributed by atoms with van der Waals surface area (Å²) in [6, 6.07) is 19.8. The predicted molar refractivity (Wildman–Crippen MR) is 88.2 cm³/mol. The van der Waals surface area contributed by atoms with Gasteiger partial charge < -0.3 is 10.4 Å². The second kappa shape index (κ2) is 6.88. The van der Waals surface area contributed by atoms with E-state index < -0.39 is 5.60 Å². The van der Waals surface area contributed by atoms with Crippen LogP contribution in [0.4, 0.5) is 0 Å². The van der Waals surface area contributed by atoms with Crippen LogP contribution in [0.15, 0.2) is 60.7 Å². The number of hydrogen-bond donors (Lipinski definition) is 2. The highest BCUT2D eigenvalue weighted by molar-refractivity contribution is 5.38. The van der Waals surface area contributed by atoms with Gasteiger partial charge in [0.15, 0.2) is 0 Å². The molecule has 0 bridgehead atoms. The molecule has 21 heavy (non-hydrogen) atoms. The van der Waals surface area contributed by atoms with Gasteiger partial charge in [-0.3, -0.25) is 0 Å². The van der Waals surface area contributed by atoms with Gasteiger partial charge in [0.05, 0.1) is 0 Å². The highest BCUT2D eigenvalue weighted by Gasteiger charge is 2.39. The van der Waals surface area contributed by atoms with Crippen LogP contribution >= 0.6 is 0 Å².